The highest BCUT2D eigenvalue weighted by Crippen LogP contribution is 2.46. The van der Waals surface area contributed by atoms with Crippen molar-refractivity contribution in [1.29, 1.82) is 0 Å². The second kappa shape index (κ2) is 11.4. The molecule has 220 valence electrons. The summed E-state index contributed by atoms with van der Waals surface area (Å²) in [5.41, 5.74) is 2.58. The Morgan fingerprint density at radius 2 is 1.86 bits per heavy atom. The highest BCUT2D eigenvalue weighted by Gasteiger charge is 2.49. The highest BCUT2D eigenvalue weighted by atomic mass is 32.1. The molecule has 2 aromatic carbocycles. The number of rotatable bonds is 9. The van der Waals surface area contributed by atoms with Crippen LogP contribution in [0.4, 0.5) is 5.13 Å². The van der Waals surface area contributed by atoms with Crippen molar-refractivity contribution >= 4 is 49.8 Å². The van der Waals surface area contributed by atoms with Crippen LogP contribution in [0.5, 0.6) is 17.2 Å². The van der Waals surface area contributed by atoms with Crippen LogP contribution in [-0.4, -0.2) is 51.5 Å². The summed E-state index contributed by atoms with van der Waals surface area (Å²) in [6.07, 6.45) is 2.57. The monoisotopic (exact) mass is 598 g/mol. The van der Waals surface area contributed by atoms with Crippen LogP contribution in [-0.2, 0) is 9.59 Å². The lowest BCUT2D eigenvalue weighted by molar-refractivity contribution is -0.132. The van der Waals surface area contributed by atoms with E-state index < -0.39 is 17.7 Å². The topological polar surface area (TPSA) is 115 Å². The third-order valence-corrected chi connectivity index (χ3v) is 8.23. The number of fused-ring (bicyclic) bond motifs is 2. The molecule has 1 fully saturated rings. The molecule has 4 heterocycles. The number of pyridine rings is 1. The van der Waals surface area contributed by atoms with Gasteiger partial charge in [-0.25, -0.2) is 9.97 Å². The van der Waals surface area contributed by atoms with Crippen LogP contribution in [0.15, 0.2) is 66.4 Å². The van der Waals surface area contributed by atoms with Crippen LogP contribution in [0.2, 0.25) is 0 Å². The molecule has 1 aliphatic heterocycles. The number of amides is 1. The Bertz CT molecular complexity index is 1910. The smallest absolute Gasteiger partial charge is 0.301 e. The zero-order chi connectivity index (χ0) is 30.2. The number of benzene rings is 2. The molecule has 0 bridgehead atoms. The van der Waals surface area contributed by atoms with Gasteiger partial charge >= 0.3 is 5.91 Å². The molecule has 0 spiro atoms. The van der Waals surface area contributed by atoms with Crippen LogP contribution in [0.25, 0.3) is 21.6 Å². The number of carbonyl (C=O) groups is 2. The van der Waals surface area contributed by atoms with Gasteiger partial charge < -0.3 is 19.3 Å². The molecule has 43 heavy (non-hydrogen) atoms. The zero-order valence-corrected chi connectivity index (χ0v) is 25.0. The average molecular weight is 599 g/mol. The summed E-state index contributed by atoms with van der Waals surface area (Å²) >= 11 is 1.26. The summed E-state index contributed by atoms with van der Waals surface area (Å²) in [5, 5.41) is 12.2. The SMILES string of the molecule is CCCOc1ccc(C2/C(=C(\O)c3c(C)nc4ccccn34)C(=O)C(=O)N2c2nc3ccc(OC)cc3s2)cc1OCC. The number of carbonyl (C=O) groups excluding carboxylic acids is 2. The second-order valence-corrected chi connectivity index (χ2v) is 11.0. The zero-order valence-electron chi connectivity index (χ0n) is 24.2. The Labute approximate surface area is 251 Å². The van der Waals surface area contributed by atoms with E-state index in [1.807, 2.05) is 26.0 Å². The van der Waals surface area contributed by atoms with Crippen LogP contribution in [0, 0.1) is 6.92 Å². The third kappa shape index (κ3) is 4.85. The van der Waals surface area contributed by atoms with E-state index in [-0.39, 0.29) is 11.3 Å². The van der Waals surface area contributed by atoms with E-state index in [1.54, 1.807) is 67.1 Å². The Morgan fingerprint density at radius 1 is 1.02 bits per heavy atom. The number of aryl methyl sites for hydroxylation is 1. The van der Waals surface area contributed by atoms with Crippen molar-refractivity contribution in [3.8, 4) is 17.2 Å². The number of aromatic nitrogens is 3. The maximum atomic E-state index is 13.9. The van der Waals surface area contributed by atoms with Gasteiger partial charge in [-0.05, 0) is 68.3 Å². The number of nitrogens with zero attached hydrogens (tertiary/aromatic N) is 4. The van der Waals surface area contributed by atoms with Gasteiger partial charge in [0.05, 0.1) is 47.8 Å². The predicted molar refractivity (Wildman–Crippen MR) is 164 cm³/mol. The summed E-state index contributed by atoms with van der Waals surface area (Å²) in [6.45, 7) is 6.51. The highest BCUT2D eigenvalue weighted by molar-refractivity contribution is 7.22. The maximum absolute atomic E-state index is 13.9. The minimum atomic E-state index is -1.00. The Kier molecular flexibility index (Phi) is 7.49. The number of hydrogen-bond acceptors (Lipinski definition) is 9. The number of aliphatic hydroxyl groups is 1. The van der Waals surface area contributed by atoms with Crippen LogP contribution < -0.4 is 19.1 Å². The third-order valence-electron chi connectivity index (χ3n) is 7.21. The lowest BCUT2D eigenvalue weighted by atomic mass is 9.96. The maximum Gasteiger partial charge on any atom is 0.301 e. The molecule has 0 radical (unpaired) electrons. The van der Waals surface area contributed by atoms with E-state index >= 15 is 0 Å². The molecular weight excluding hydrogens is 568 g/mol. The van der Waals surface area contributed by atoms with Crippen LogP contribution >= 0.6 is 11.3 Å². The van der Waals surface area contributed by atoms with E-state index in [1.165, 1.54) is 16.2 Å². The average Bonchev–Trinajstić information content (AvgIpc) is 3.66. The van der Waals surface area contributed by atoms with Gasteiger partial charge in [-0.2, -0.15) is 0 Å². The van der Waals surface area contributed by atoms with Crippen molar-refractivity contribution in [2.45, 2.75) is 33.2 Å². The fourth-order valence-corrected chi connectivity index (χ4v) is 6.31. The first-order valence-electron chi connectivity index (χ1n) is 13.9. The van der Waals surface area contributed by atoms with Gasteiger partial charge in [0, 0.05) is 6.20 Å². The molecule has 0 saturated carbocycles. The number of Topliss-reactive ketones (excluding diaryl/α,β-unsaturated/α-hetero) is 1. The predicted octanol–water partition coefficient (Wildman–Crippen LogP) is 6.07. The van der Waals surface area contributed by atoms with Crippen molar-refractivity contribution in [1.82, 2.24) is 14.4 Å². The number of ether oxygens (including phenoxy) is 3. The number of imidazole rings is 1. The van der Waals surface area contributed by atoms with E-state index in [9.17, 15) is 14.7 Å². The quantitative estimate of drug-likeness (QED) is 0.123. The number of hydrogen-bond donors (Lipinski definition) is 1. The Morgan fingerprint density at radius 3 is 2.63 bits per heavy atom. The van der Waals surface area contributed by atoms with Gasteiger partial charge in [-0.1, -0.05) is 30.4 Å². The molecule has 3 aromatic heterocycles. The van der Waals surface area contributed by atoms with Crippen molar-refractivity contribution in [2.24, 2.45) is 0 Å². The van der Waals surface area contributed by atoms with E-state index in [0.29, 0.717) is 63.7 Å². The van der Waals surface area contributed by atoms with E-state index in [4.69, 9.17) is 19.2 Å². The van der Waals surface area contributed by atoms with Gasteiger partial charge in [0.25, 0.3) is 5.78 Å². The van der Waals surface area contributed by atoms with Crippen molar-refractivity contribution in [3.63, 3.8) is 0 Å². The minimum Gasteiger partial charge on any atom is -0.505 e. The van der Waals surface area contributed by atoms with Gasteiger partial charge in [-0.15, -0.1) is 0 Å². The van der Waals surface area contributed by atoms with Crippen LogP contribution in [0.3, 0.4) is 0 Å². The first-order valence-corrected chi connectivity index (χ1v) is 14.8. The summed E-state index contributed by atoms with van der Waals surface area (Å²) in [6, 6.07) is 15.2. The fourth-order valence-electron chi connectivity index (χ4n) is 5.29. The molecule has 1 saturated heterocycles. The molecule has 5 aromatic rings. The van der Waals surface area contributed by atoms with Crippen molar-refractivity contribution < 1.29 is 28.9 Å². The molecule has 1 unspecified atom stereocenters. The molecule has 10 nitrogen and oxygen atoms in total. The second-order valence-electron chi connectivity index (χ2n) is 9.96. The normalized spacial score (nSPS) is 16.4. The molecule has 0 aliphatic carbocycles. The lowest BCUT2D eigenvalue weighted by Crippen LogP contribution is -2.29. The van der Waals surface area contributed by atoms with Crippen molar-refractivity contribution in [2.75, 3.05) is 25.2 Å². The van der Waals surface area contributed by atoms with E-state index in [0.717, 1.165) is 11.1 Å². The Balaban J connectivity index is 1.58. The summed E-state index contributed by atoms with van der Waals surface area (Å²) in [4.78, 5) is 38.3. The molecule has 11 heteroatoms. The van der Waals surface area contributed by atoms with Gasteiger partial charge in [-0.3, -0.25) is 18.9 Å². The van der Waals surface area contributed by atoms with Gasteiger partial charge in [0.15, 0.2) is 22.4 Å². The van der Waals surface area contributed by atoms with E-state index in [2.05, 4.69) is 4.98 Å². The number of anilines is 1. The molecule has 1 N–H and O–H groups in total. The number of thiazole rings is 1. The first-order chi connectivity index (χ1) is 20.9. The summed E-state index contributed by atoms with van der Waals surface area (Å²) < 4.78 is 19.7. The number of aliphatic hydroxyl groups excluding tert-OH is 1. The van der Waals surface area contributed by atoms with Crippen LogP contribution in [0.1, 0.15) is 43.3 Å². The van der Waals surface area contributed by atoms with Gasteiger partial charge in [0.2, 0.25) is 0 Å². The standard InChI is InChI=1S/C32H30N4O6S/c1-5-15-42-22-13-10-19(16-23(22)41-6-2)28-26(29(37)27-18(3)33-25-9-7-8-14-35(25)27)30(38)31(39)36(28)32-34-21-12-11-20(40-4)17-24(21)43-32/h7-14,16-17,28,37H,5-6,15H2,1-4H3/b29-26+. The molecule has 6 rings (SSSR count). The fraction of sp³-hybridized carbons (Fsp3) is 0.250. The van der Waals surface area contributed by atoms with Crippen molar-refractivity contribution in [3.05, 3.63) is 83.3 Å². The number of methoxy groups -OCH3 is 1. The number of ketones is 1. The van der Waals surface area contributed by atoms with Gasteiger partial charge in [0.1, 0.15) is 17.1 Å². The molecular formula is C32H30N4O6S. The molecule has 1 aliphatic rings. The first kappa shape index (κ1) is 28.2. The Hall–Kier alpha value is -4.90. The minimum absolute atomic E-state index is 0.0692. The lowest BCUT2D eigenvalue weighted by Gasteiger charge is -2.24. The largest absolute Gasteiger partial charge is 0.505 e. The molecule has 1 amide bonds. The molecule has 1 atom stereocenters. The summed E-state index contributed by atoms with van der Waals surface area (Å²) in [7, 11) is 1.58. The summed E-state index contributed by atoms with van der Waals surface area (Å²) in [5.74, 6) is -0.280.